The molecule has 3 N–H and O–H groups in total. The lowest BCUT2D eigenvalue weighted by Crippen LogP contribution is -2.11. The standard InChI is InChI=1S/C16H13N3OS/c17-15(20)13-9-14(11-5-2-1-3-6-11)21-16(13)19-12-7-4-8-18-10-12/h1-10,19H,(H2,17,20). The minimum Gasteiger partial charge on any atom is -0.366 e. The number of nitrogens with zero attached hydrogens (tertiary/aromatic N) is 1. The van der Waals surface area contributed by atoms with Gasteiger partial charge in [-0.1, -0.05) is 30.3 Å². The van der Waals surface area contributed by atoms with Crippen LogP contribution in [-0.4, -0.2) is 10.9 Å². The number of aromatic nitrogens is 1. The third-order valence-corrected chi connectivity index (χ3v) is 4.07. The third kappa shape index (κ3) is 2.93. The minimum absolute atomic E-state index is 0.445. The number of hydrogen-bond acceptors (Lipinski definition) is 4. The predicted octanol–water partition coefficient (Wildman–Crippen LogP) is 3.65. The lowest BCUT2D eigenvalue weighted by atomic mass is 10.1. The van der Waals surface area contributed by atoms with Gasteiger partial charge in [0, 0.05) is 11.1 Å². The monoisotopic (exact) mass is 295 g/mol. The van der Waals surface area contributed by atoms with Crippen molar-refractivity contribution in [2.24, 2.45) is 5.73 Å². The maximum absolute atomic E-state index is 11.6. The van der Waals surface area contributed by atoms with Gasteiger partial charge in [0.05, 0.1) is 17.4 Å². The molecule has 3 rings (SSSR count). The number of amides is 1. The van der Waals surface area contributed by atoms with Crippen LogP contribution in [0.15, 0.2) is 60.9 Å². The molecule has 2 heterocycles. The largest absolute Gasteiger partial charge is 0.366 e. The van der Waals surface area contributed by atoms with Gasteiger partial charge in [0.15, 0.2) is 0 Å². The first-order valence-electron chi connectivity index (χ1n) is 6.40. The average molecular weight is 295 g/mol. The molecule has 1 amide bonds. The van der Waals surface area contributed by atoms with E-state index in [0.717, 1.165) is 21.1 Å². The second kappa shape index (κ2) is 5.76. The normalized spacial score (nSPS) is 10.3. The first-order chi connectivity index (χ1) is 10.2. The number of hydrogen-bond donors (Lipinski definition) is 2. The Labute approximate surface area is 126 Å². The van der Waals surface area contributed by atoms with E-state index >= 15 is 0 Å². The van der Waals surface area contributed by atoms with Gasteiger partial charge in [-0.15, -0.1) is 11.3 Å². The van der Waals surface area contributed by atoms with Crippen molar-refractivity contribution >= 4 is 27.9 Å². The van der Waals surface area contributed by atoms with E-state index in [1.807, 2.05) is 48.5 Å². The molecule has 0 aliphatic rings. The Morgan fingerprint density at radius 3 is 2.62 bits per heavy atom. The van der Waals surface area contributed by atoms with Crippen molar-refractivity contribution in [3.63, 3.8) is 0 Å². The molecule has 0 radical (unpaired) electrons. The van der Waals surface area contributed by atoms with E-state index in [-0.39, 0.29) is 0 Å². The summed E-state index contributed by atoms with van der Waals surface area (Å²) >= 11 is 1.50. The van der Waals surface area contributed by atoms with Crippen LogP contribution >= 0.6 is 11.3 Å². The smallest absolute Gasteiger partial charge is 0.251 e. The first kappa shape index (κ1) is 13.3. The fourth-order valence-electron chi connectivity index (χ4n) is 1.98. The summed E-state index contributed by atoms with van der Waals surface area (Å²) in [5.41, 5.74) is 7.84. The molecule has 0 spiro atoms. The molecule has 21 heavy (non-hydrogen) atoms. The number of pyridine rings is 1. The van der Waals surface area contributed by atoms with E-state index in [1.165, 1.54) is 11.3 Å². The average Bonchev–Trinajstić information content (AvgIpc) is 2.93. The van der Waals surface area contributed by atoms with Gasteiger partial charge >= 0.3 is 0 Å². The van der Waals surface area contributed by atoms with Crippen LogP contribution in [0.3, 0.4) is 0 Å². The van der Waals surface area contributed by atoms with E-state index in [2.05, 4.69) is 10.3 Å². The summed E-state index contributed by atoms with van der Waals surface area (Å²) in [7, 11) is 0. The molecule has 4 nitrogen and oxygen atoms in total. The number of benzene rings is 1. The topological polar surface area (TPSA) is 68.0 Å². The number of thiophene rings is 1. The lowest BCUT2D eigenvalue weighted by Gasteiger charge is -2.04. The maximum atomic E-state index is 11.6. The van der Waals surface area contributed by atoms with Gasteiger partial charge in [-0.25, -0.2) is 0 Å². The summed E-state index contributed by atoms with van der Waals surface area (Å²) in [6, 6.07) is 15.4. The Bertz CT molecular complexity index is 754. The van der Waals surface area contributed by atoms with Crippen LogP contribution in [0.2, 0.25) is 0 Å². The highest BCUT2D eigenvalue weighted by Crippen LogP contribution is 2.36. The number of carbonyl (C=O) groups excluding carboxylic acids is 1. The van der Waals surface area contributed by atoms with Gasteiger partial charge in [-0.3, -0.25) is 9.78 Å². The van der Waals surface area contributed by atoms with E-state index in [1.54, 1.807) is 12.4 Å². The van der Waals surface area contributed by atoms with E-state index in [9.17, 15) is 4.79 Å². The van der Waals surface area contributed by atoms with Crippen LogP contribution in [0.4, 0.5) is 10.7 Å². The molecule has 0 aliphatic heterocycles. The van der Waals surface area contributed by atoms with Gasteiger partial charge < -0.3 is 11.1 Å². The van der Waals surface area contributed by atoms with E-state index < -0.39 is 5.91 Å². The first-order valence-corrected chi connectivity index (χ1v) is 7.22. The highest BCUT2D eigenvalue weighted by molar-refractivity contribution is 7.19. The predicted molar refractivity (Wildman–Crippen MR) is 85.8 cm³/mol. The number of nitrogens with two attached hydrogens (primary N) is 1. The molecule has 0 bridgehead atoms. The van der Waals surface area contributed by atoms with Crippen LogP contribution in [0.25, 0.3) is 10.4 Å². The van der Waals surface area contributed by atoms with Crippen LogP contribution in [0.5, 0.6) is 0 Å². The Kier molecular flexibility index (Phi) is 3.66. The van der Waals surface area contributed by atoms with Gasteiger partial charge in [0.25, 0.3) is 5.91 Å². The van der Waals surface area contributed by atoms with Crippen molar-refractivity contribution in [3.8, 4) is 10.4 Å². The summed E-state index contributed by atoms with van der Waals surface area (Å²) in [6.07, 6.45) is 3.40. The van der Waals surface area contributed by atoms with Crippen molar-refractivity contribution < 1.29 is 4.79 Å². The van der Waals surface area contributed by atoms with Crippen molar-refractivity contribution in [1.82, 2.24) is 4.98 Å². The SMILES string of the molecule is NC(=O)c1cc(-c2ccccc2)sc1Nc1cccnc1. The van der Waals surface area contributed by atoms with Crippen LogP contribution in [-0.2, 0) is 0 Å². The van der Waals surface area contributed by atoms with Gasteiger partial charge in [0.2, 0.25) is 0 Å². The summed E-state index contributed by atoms with van der Waals surface area (Å²) in [4.78, 5) is 16.7. The van der Waals surface area contributed by atoms with Crippen LogP contribution < -0.4 is 11.1 Å². The molecule has 0 saturated carbocycles. The highest BCUT2D eigenvalue weighted by Gasteiger charge is 2.14. The minimum atomic E-state index is -0.445. The Balaban J connectivity index is 2.00. The number of anilines is 2. The molecular weight excluding hydrogens is 282 g/mol. The number of primary amides is 1. The van der Waals surface area contributed by atoms with Crippen molar-refractivity contribution in [2.45, 2.75) is 0 Å². The Morgan fingerprint density at radius 2 is 1.95 bits per heavy atom. The number of carbonyl (C=O) groups is 1. The molecular formula is C16H13N3OS. The molecule has 0 aliphatic carbocycles. The molecule has 0 unspecified atom stereocenters. The molecule has 1 aromatic carbocycles. The molecule has 2 aromatic heterocycles. The molecule has 5 heteroatoms. The van der Waals surface area contributed by atoms with E-state index in [4.69, 9.17) is 5.73 Å². The zero-order chi connectivity index (χ0) is 14.7. The maximum Gasteiger partial charge on any atom is 0.251 e. The van der Waals surface area contributed by atoms with Crippen LogP contribution in [0, 0.1) is 0 Å². The van der Waals surface area contributed by atoms with Gasteiger partial charge in [-0.05, 0) is 23.8 Å². The Morgan fingerprint density at radius 1 is 1.14 bits per heavy atom. The molecule has 104 valence electrons. The van der Waals surface area contributed by atoms with Gasteiger partial charge in [0.1, 0.15) is 5.00 Å². The highest BCUT2D eigenvalue weighted by atomic mass is 32.1. The molecule has 0 saturated heterocycles. The van der Waals surface area contributed by atoms with Crippen LogP contribution in [0.1, 0.15) is 10.4 Å². The molecule has 0 atom stereocenters. The fraction of sp³-hybridized carbons (Fsp3) is 0. The second-order valence-corrected chi connectivity index (χ2v) is 5.50. The molecule has 0 fully saturated rings. The fourth-order valence-corrected chi connectivity index (χ4v) is 3.07. The quantitative estimate of drug-likeness (QED) is 0.772. The van der Waals surface area contributed by atoms with Gasteiger partial charge in [-0.2, -0.15) is 0 Å². The summed E-state index contributed by atoms with van der Waals surface area (Å²) in [6.45, 7) is 0. The van der Waals surface area contributed by atoms with Crippen molar-refractivity contribution in [1.29, 1.82) is 0 Å². The van der Waals surface area contributed by atoms with Crippen molar-refractivity contribution in [2.75, 3.05) is 5.32 Å². The second-order valence-electron chi connectivity index (χ2n) is 4.45. The lowest BCUT2D eigenvalue weighted by molar-refractivity contribution is 0.100. The summed E-state index contributed by atoms with van der Waals surface area (Å²) in [5.74, 6) is -0.445. The third-order valence-electron chi connectivity index (χ3n) is 2.98. The summed E-state index contributed by atoms with van der Waals surface area (Å²) in [5, 5.41) is 3.93. The zero-order valence-corrected chi connectivity index (χ0v) is 11.9. The summed E-state index contributed by atoms with van der Waals surface area (Å²) < 4.78 is 0. The zero-order valence-electron chi connectivity index (χ0n) is 11.1. The van der Waals surface area contributed by atoms with E-state index in [0.29, 0.717) is 5.56 Å². The van der Waals surface area contributed by atoms with Crippen molar-refractivity contribution in [3.05, 3.63) is 66.5 Å². The Hall–Kier alpha value is -2.66. The number of nitrogens with one attached hydrogen (secondary N) is 1. The molecule has 3 aromatic rings. The number of rotatable bonds is 4.